The van der Waals surface area contributed by atoms with E-state index in [1.807, 2.05) is 0 Å². The molecule has 2 nitrogen and oxygen atoms in total. The molecule has 1 heterocycles. The fourth-order valence-electron chi connectivity index (χ4n) is 3.69. The second-order valence-corrected chi connectivity index (χ2v) is 5.70. The molecule has 0 aromatic carbocycles. The van der Waals surface area contributed by atoms with Gasteiger partial charge in [-0.25, -0.2) is 8.78 Å². The number of alkyl halides is 2. The van der Waals surface area contributed by atoms with E-state index in [1.165, 1.54) is 5.70 Å². The Balaban J connectivity index is 1.79. The highest BCUT2D eigenvalue weighted by Gasteiger charge is 2.54. The first-order valence-corrected chi connectivity index (χ1v) is 6.41. The predicted octanol–water partition coefficient (Wildman–Crippen LogP) is 3.11. The molecule has 0 aromatic heterocycles. The first kappa shape index (κ1) is 11.2. The highest BCUT2D eigenvalue weighted by molar-refractivity contribution is 5.60. The maximum Gasteiger partial charge on any atom is 0.244 e. The van der Waals surface area contributed by atoms with Gasteiger partial charge in [-0.3, -0.25) is 4.99 Å². The summed E-state index contributed by atoms with van der Waals surface area (Å²) in [6.07, 6.45) is 6.49. The van der Waals surface area contributed by atoms with Gasteiger partial charge in [-0.05, 0) is 44.6 Å². The average Bonchev–Trinajstić information content (AvgIpc) is 2.42. The highest BCUT2D eigenvalue weighted by Crippen LogP contribution is 2.61. The zero-order valence-corrected chi connectivity index (χ0v) is 9.88. The van der Waals surface area contributed by atoms with Crippen molar-refractivity contribution in [1.29, 1.82) is 0 Å². The van der Waals surface area contributed by atoms with Gasteiger partial charge in [0.1, 0.15) is 0 Å². The maximum atomic E-state index is 13.1. The number of hydrogen-bond donors (Lipinski definition) is 1. The summed E-state index contributed by atoms with van der Waals surface area (Å²) in [7, 11) is 0. The molecule has 1 aliphatic heterocycles. The topological polar surface area (TPSA) is 24.4 Å². The maximum absolute atomic E-state index is 13.1. The van der Waals surface area contributed by atoms with Crippen molar-refractivity contribution in [3.05, 3.63) is 11.8 Å². The molecule has 0 aromatic rings. The molecule has 0 spiro atoms. The molecule has 4 rings (SSSR count). The second kappa shape index (κ2) is 3.79. The van der Waals surface area contributed by atoms with Gasteiger partial charge in [-0.1, -0.05) is 0 Å². The molecule has 17 heavy (non-hydrogen) atoms. The lowest BCUT2D eigenvalue weighted by Gasteiger charge is -2.54. The first-order valence-electron chi connectivity index (χ1n) is 6.41. The Hall–Kier alpha value is -0.930. The van der Waals surface area contributed by atoms with E-state index in [9.17, 15) is 8.78 Å². The van der Waals surface area contributed by atoms with Crippen LogP contribution in [0.15, 0.2) is 16.8 Å². The van der Waals surface area contributed by atoms with Crippen LogP contribution in [0.2, 0.25) is 0 Å². The molecule has 4 aliphatic rings. The van der Waals surface area contributed by atoms with E-state index in [0.717, 1.165) is 25.8 Å². The van der Waals surface area contributed by atoms with Crippen LogP contribution in [0.25, 0.3) is 0 Å². The van der Waals surface area contributed by atoms with Crippen molar-refractivity contribution >= 4 is 6.34 Å². The van der Waals surface area contributed by atoms with Crippen molar-refractivity contribution in [3.8, 4) is 0 Å². The molecule has 0 unspecified atom stereocenters. The lowest BCUT2D eigenvalue weighted by molar-refractivity contribution is -0.0963. The van der Waals surface area contributed by atoms with Crippen LogP contribution in [0.1, 0.15) is 38.5 Å². The molecule has 3 fully saturated rings. The lowest BCUT2D eigenvalue weighted by Crippen LogP contribution is -2.48. The van der Waals surface area contributed by atoms with Crippen molar-refractivity contribution in [3.63, 3.8) is 0 Å². The van der Waals surface area contributed by atoms with Crippen molar-refractivity contribution in [1.82, 2.24) is 5.32 Å². The number of halogens is 2. The largest absolute Gasteiger partial charge is 0.350 e. The Bertz CT molecular complexity index is 349. The standard InChI is InChI=1S/C13H18F2N2/c14-11(15)13-5-2-12(3-6-13,4-7-13)10-1-8-16-9-17-10/h1,9,11H,2-8H2,(H,16,17). The molecule has 0 amide bonds. The van der Waals surface area contributed by atoms with Gasteiger partial charge in [0.25, 0.3) is 0 Å². The van der Waals surface area contributed by atoms with E-state index in [2.05, 4.69) is 16.4 Å². The van der Waals surface area contributed by atoms with Crippen molar-refractivity contribution in [2.75, 3.05) is 6.54 Å². The zero-order chi connectivity index (χ0) is 11.9. The molecule has 4 heteroatoms. The van der Waals surface area contributed by atoms with E-state index < -0.39 is 11.8 Å². The van der Waals surface area contributed by atoms with Crippen molar-refractivity contribution in [2.24, 2.45) is 15.8 Å². The van der Waals surface area contributed by atoms with Gasteiger partial charge in [0.15, 0.2) is 0 Å². The van der Waals surface area contributed by atoms with Crippen molar-refractivity contribution in [2.45, 2.75) is 45.0 Å². The lowest BCUT2D eigenvalue weighted by atomic mass is 9.52. The number of allylic oxidation sites excluding steroid dienone is 1. The molecule has 0 atom stereocenters. The van der Waals surface area contributed by atoms with E-state index in [1.54, 1.807) is 6.34 Å². The van der Waals surface area contributed by atoms with Gasteiger partial charge < -0.3 is 5.32 Å². The molecular weight excluding hydrogens is 222 g/mol. The Morgan fingerprint density at radius 2 is 1.76 bits per heavy atom. The Kier molecular flexibility index (Phi) is 2.49. The van der Waals surface area contributed by atoms with Crippen LogP contribution in [0.3, 0.4) is 0 Å². The van der Waals surface area contributed by atoms with E-state index in [0.29, 0.717) is 19.3 Å². The zero-order valence-electron chi connectivity index (χ0n) is 9.88. The third kappa shape index (κ3) is 1.60. The molecule has 3 saturated carbocycles. The van der Waals surface area contributed by atoms with Crippen molar-refractivity contribution < 1.29 is 8.78 Å². The van der Waals surface area contributed by atoms with Gasteiger partial charge in [0.2, 0.25) is 6.43 Å². The summed E-state index contributed by atoms with van der Waals surface area (Å²) < 4.78 is 26.2. The minimum atomic E-state index is -2.14. The van der Waals surface area contributed by atoms with E-state index >= 15 is 0 Å². The first-order chi connectivity index (χ1) is 8.17. The number of fused-ring (bicyclic) bond motifs is 3. The van der Waals surface area contributed by atoms with Crippen LogP contribution in [-0.4, -0.2) is 19.3 Å². The number of aliphatic imine (C=N–C) groups is 1. The monoisotopic (exact) mass is 240 g/mol. The minimum Gasteiger partial charge on any atom is -0.350 e. The van der Waals surface area contributed by atoms with E-state index in [-0.39, 0.29) is 5.41 Å². The fraction of sp³-hybridized carbons (Fsp3) is 0.769. The van der Waals surface area contributed by atoms with Gasteiger partial charge in [-0.2, -0.15) is 0 Å². The van der Waals surface area contributed by atoms with Gasteiger partial charge in [-0.15, -0.1) is 0 Å². The molecule has 3 aliphatic carbocycles. The Morgan fingerprint density at radius 1 is 1.12 bits per heavy atom. The normalized spacial score (nSPS) is 40.3. The predicted molar refractivity (Wildman–Crippen MR) is 63.1 cm³/mol. The summed E-state index contributed by atoms with van der Waals surface area (Å²) >= 11 is 0. The molecule has 0 saturated heterocycles. The molecule has 94 valence electrons. The smallest absolute Gasteiger partial charge is 0.244 e. The van der Waals surface area contributed by atoms with Crippen LogP contribution in [-0.2, 0) is 0 Å². The Morgan fingerprint density at radius 3 is 2.24 bits per heavy atom. The summed E-state index contributed by atoms with van der Waals surface area (Å²) in [4.78, 5) is 4.11. The number of nitrogens with zero attached hydrogens (tertiary/aromatic N) is 1. The SMILES string of the molecule is FC(F)C12CCC(C3=CCN=CN3)(CC1)CC2. The van der Waals surface area contributed by atoms with Crippen LogP contribution in [0, 0.1) is 10.8 Å². The minimum absolute atomic E-state index is 0.142. The third-order valence-electron chi connectivity index (χ3n) is 5.05. The van der Waals surface area contributed by atoms with Crippen LogP contribution in [0.4, 0.5) is 8.78 Å². The summed E-state index contributed by atoms with van der Waals surface area (Å²) in [6.45, 7) is 0.726. The second-order valence-electron chi connectivity index (χ2n) is 5.70. The van der Waals surface area contributed by atoms with E-state index in [4.69, 9.17) is 0 Å². The molecule has 2 bridgehead atoms. The van der Waals surface area contributed by atoms with Gasteiger partial charge in [0, 0.05) is 16.5 Å². The average molecular weight is 240 g/mol. The fourth-order valence-corrected chi connectivity index (χ4v) is 3.69. The Labute approximate surface area is 100 Å². The third-order valence-corrected chi connectivity index (χ3v) is 5.05. The van der Waals surface area contributed by atoms with Crippen LogP contribution < -0.4 is 5.32 Å². The number of nitrogens with one attached hydrogen (secondary N) is 1. The quantitative estimate of drug-likeness (QED) is 0.788. The summed E-state index contributed by atoms with van der Waals surface area (Å²) in [5.74, 6) is 0. The molecule has 0 radical (unpaired) electrons. The number of rotatable bonds is 2. The summed E-state index contributed by atoms with van der Waals surface area (Å²) in [5, 5.41) is 3.23. The van der Waals surface area contributed by atoms with Crippen LogP contribution in [0.5, 0.6) is 0 Å². The molecular formula is C13H18F2N2. The highest BCUT2D eigenvalue weighted by atomic mass is 19.3. The summed E-state index contributed by atoms with van der Waals surface area (Å²) in [5.41, 5.74) is 0.712. The molecule has 1 N–H and O–H groups in total. The van der Waals surface area contributed by atoms with Gasteiger partial charge in [0.05, 0.1) is 12.9 Å². The van der Waals surface area contributed by atoms with Crippen LogP contribution >= 0.6 is 0 Å². The number of hydrogen-bond acceptors (Lipinski definition) is 2. The summed E-state index contributed by atoms with van der Waals surface area (Å²) in [6, 6.07) is 0. The van der Waals surface area contributed by atoms with Gasteiger partial charge >= 0.3 is 0 Å².